The van der Waals surface area contributed by atoms with Crippen LogP contribution in [-0.4, -0.2) is 26.0 Å². The summed E-state index contributed by atoms with van der Waals surface area (Å²) in [6, 6.07) is 11.1. The predicted octanol–water partition coefficient (Wildman–Crippen LogP) is 3.71. The van der Waals surface area contributed by atoms with E-state index in [2.05, 4.69) is 38.4 Å². The van der Waals surface area contributed by atoms with Crippen molar-refractivity contribution in [3.63, 3.8) is 0 Å². The van der Waals surface area contributed by atoms with Crippen LogP contribution in [0.2, 0.25) is 0 Å². The Balaban J connectivity index is 1.71. The van der Waals surface area contributed by atoms with E-state index in [1.807, 2.05) is 24.5 Å². The highest BCUT2D eigenvalue weighted by Crippen LogP contribution is 2.41. The highest BCUT2D eigenvalue weighted by Gasteiger charge is 2.43. The molecule has 23 heavy (non-hydrogen) atoms. The molecule has 0 bridgehead atoms. The molecule has 2 aromatic rings. The zero-order valence-corrected chi connectivity index (χ0v) is 13.9. The fourth-order valence-electron chi connectivity index (χ4n) is 3.98. The van der Waals surface area contributed by atoms with Gasteiger partial charge in [0.25, 0.3) is 0 Å². The molecule has 5 heteroatoms. The molecule has 1 aliphatic heterocycles. The van der Waals surface area contributed by atoms with E-state index in [0.717, 1.165) is 10.8 Å². The van der Waals surface area contributed by atoms with Crippen molar-refractivity contribution in [3.05, 3.63) is 54.1 Å². The summed E-state index contributed by atoms with van der Waals surface area (Å²) >= 11 is 5.72. The maximum Gasteiger partial charge on any atom is 0.170 e. The summed E-state index contributed by atoms with van der Waals surface area (Å²) in [5.41, 5.74) is 2.26. The minimum atomic E-state index is 0.101. The number of hydrogen-bond donors (Lipinski definition) is 2. The molecule has 2 fully saturated rings. The Morgan fingerprint density at radius 1 is 1.09 bits per heavy atom. The molecule has 1 saturated carbocycles. The maximum absolute atomic E-state index is 5.72. The quantitative estimate of drug-likeness (QED) is 0.844. The number of thiocarbonyl (C=S) groups is 1. The molecule has 1 aliphatic carbocycles. The van der Waals surface area contributed by atoms with Gasteiger partial charge in [-0.25, -0.2) is 0 Å². The summed E-state index contributed by atoms with van der Waals surface area (Å²) in [6.07, 6.45) is 10.3. The van der Waals surface area contributed by atoms with E-state index < -0.39 is 0 Å². The van der Waals surface area contributed by atoms with Gasteiger partial charge in [-0.3, -0.25) is 4.98 Å². The van der Waals surface area contributed by atoms with E-state index in [9.17, 15) is 0 Å². The second-order valence-electron chi connectivity index (χ2n) is 6.45. The fourth-order valence-corrected chi connectivity index (χ4v) is 4.37. The molecular formula is C18H22N4S. The standard InChI is InChI=1S/C18H22N4S/c23-18-21-16(14-9-4-5-11-19-14)17(15-10-6-12-20-15)22(18)13-7-2-1-3-8-13/h4-6,9-13,16-17,20H,1-3,7-8H2,(H,21,23)/t16-,17+/m1/s1. The van der Waals surface area contributed by atoms with Crippen molar-refractivity contribution < 1.29 is 0 Å². The third kappa shape index (κ3) is 2.74. The van der Waals surface area contributed by atoms with E-state index >= 15 is 0 Å². The van der Waals surface area contributed by atoms with Gasteiger partial charge in [0.05, 0.1) is 17.8 Å². The second kappa shape index (κ2) is 6.32. The number of rotatable bonds is 3. The van der Waals surface area contributed by atoms with Crippen LogP contribution in [-0.2, 0) is 0 Å². The molecule has 1 saturated heterocycles. The van der Waals surface area contributed by atoms with Crippen LogP contribution in [0.5, 0.6) is 0 Å². The molecule has 0 unspecified atom stereocenters. The van der Waals surface area contributed by atoms with Crippen molar-refractivity contribution in [2.45, 2.75) is 50.2 Å². The van der Waals surface area contributed by atoms with E-state index in [-0.39, 0.29) is 12.1 Å². The van der Waals surface area contributed by atoms with Crippen molar-refractivity contribution in [1.29, 1.82) is 0 Å². The second-order valence-corrected chi connectivity index (χ2v) is 6.84. The first-order valence-electron chi connectivity index (χ1n) is 8.47. The van der Waals surface area contributed by atoms with Gasteiger partial charge >= 0.3 is 0 Å². The van der Waals surface area contributed by atoms with Gasteiger partial charge in [-0.1, -0.05) is 25.3 Å². The van der Waals surface area contributed by atoms with Crippen molar-refractivity contribution in [3.8, 4) is 0 Å². The van der Waals surface area contributed by atoms with Crippen molar-refractivity contribution >= 4 is 17.3 Å². The topological polar surface area (TPSA) is 44.0 Å². The van der Waals surface area contributed by atoms with Crippen molar-refractivity contribution in [1.82, 2.24) is 20.2 Å². The molecule has 2 aliphatic rings. The monoisotopic (exact) mass is 326 g/mol. The third-order valence-corrected chi connectivity index (χ3v) is 5.37. The summed E-state index contributed by atoms with van der Waals surface area (Å²) in [7, 11) is 0. The van der Waals surface area contributed by atoms with Crippen LogP contribution in [0.15, 0.2) is 42.7 Å². The molecule has 0 aromatic carbocycles. The number of pyridine rings is 1. The van der Waals surface area contributed by atoms with E-state index in [0.29, 0.717) is 6.04 Å². The molecule has 2 atom stereocenters. The Hall–Kier alpha value is -1.88. The Morgan fingerprint density at radius 2 is 1.96 bits per heavy atom. The lowest BCUT2D eigenvalue weighted by Crippen LogP contribution is -2.40. The van der Waals surface area contributed by atoms with Crippen LogP contribution in [0.1, 0.15) is 55.6 Å². The zero-order valence-electron chi connectivity index (χ0n) is 13.1. The van der Waals surface area contributed by atoms with Gasteiger partial charge in [-0.15, -0.1) is 0 Å². The molecule has 3 heterocycles. The molecule has 0 amide bonds. The Labute approximate surface area is 142 Å². The number of aromatic amines is 1. The highest BCUT2D eigenvalue weighted by atomic mass is 32.1. The number of H-pyrrole nitrogens is 1. The van der Waals surface area contributed by atoms with Gasteiger partial charge in [-0.2, -0.15) is 0 Å². The van der Waals surface area contributed by atoms with E-state index in [1.54, 1.807) is 0 Å². The normalized spacial score (nSPS) is 25.6. The first-order chi connectivity index (χ1) is 11.3. The lowest BCUT2D eigenvalue weighted by molar-refractivity contribution is 0.195. The lowest BCUT2D eigenvalue weighted by atomic mass is 9.92. The van der Waals surface area contributed by atoms with Gasteiger partial charge < -0.3 is 15.2 Å². The fraction of sp³-hybridized carbons (Fsp3) is 0.444. The molecule has 120 valence electrons. The van der Waals surface area contributed by atoms with Crippen LogP contribution < -0.4 is 5.32 Å². The molecule has 4 rings (SSSR count). The maximum atomic E-state index is 5.72. The van der Waals surface area contributed by atoms with Gasteiger partial charge in [0.15, 0.2) is 5.11 Å². The highest BCUT2D eigenvalue weighted by molar-refractivity contribution is 7.80. The Morgan fingerprint density at radius 3 is 2.65 bits per heavy atom. The number of aromatic nitrogens is 2. The van der Waals surface area contributed by atoms with E-state index in [4.69, 9.17) is 12.2 Å². The zero-order chi connectivity index (χ0) is 15.6. The van der Waals surface area contributed by atoms with Crippen LogP contribution in [0.4, 0.5) is 0 Å². The minimum absolute atomic E-state index is 0.101. The first kappa shape index (κ1) is 14.7. The van der Waals surface area contributed by atoms with E-state index in [1.165, 1.54) is 37.8 Å². The molecular weight excluding hydrogens is 304 g/mol. The number of nitrogens with zero attached hydrogens (tertiary/aromatic N) is 2. The van der Waals surface area contributed by atoms with Crippen LogP contribution >= 0.6 is 12.2 Å². The largest absolute Gasteiger partial charge is 0.363 e. The number of hydrogen-bond acceptors (Lipinski definition) is 2. The smallest absolute Gasteiger partial charge is 0.170 e. The summed E-state index contributed by atoms with van der Waals surface area (Å²) in [5, 5.41) is 4.40. The van der Waals surface area contributed by atoms with Gasteiger partial charge in [-0.05, 0) is 49.3 Å². The van der Waals surface area contributed by atoms with Gasteiger partial charge in [0.2, 0.25) is 0 Å². The molecule has 2 N–H and O–H groups in total. The SMILES string of the molecule is S=C1N[C@H](c2ccccn2)[C@H](c2ccc[nH]2)N1C1CCCCC1. The number of nitrogens with one attached hydrogen (secondary N) is 2. The first-order valence-corrected chi connectivity index (χ1v) is 8.88. The van der Waals surface area contributed by atoms with Crippen molar-refractivity contribution in [2.24, 2.45) is 0 Å². The Kier molecular flexibility index (Phi) is 4.04. The lowest BCUT2D eigenvalue weighted by Gasteiger charge is -2.36. The Bertz CT molecular complexity index is 649. The predicted molar refractivity (Wildman–Crippen MR) is 95.0 cm³/mol. The van der Waals surface area contributed by atoms with Gasteiger partial charge in [0, 0.05) is 24.1 Å². The average molecular weight is 326 g/mol. The molecule has 4 nitrogen and oxygen atoms in total. The summed E-state index contributed by atoms with van der Waals surface area (Å²) in [5.74, 6) is 0. The van der Waals surface area contributed by atoms with Crippen LogP contribution in [0.3, 0.4) is 0 Å². The molecule has 2 aromatic heterocycles. The van der Waals surface area contributed by atoms with Crippen LogP contribution in [0, 0.1) is 0 Å². The molecule has 0 radical (unpaired) electrons. The minimum Gasteiger partial charge on any atom is -0.363 e. The molecule has 0 spiro atoms. The summed E-state index contributed by atoms with van der Waals surface area (Å²) in [6.45, 7) is 0. The van der Waals surface area contributed by atoms with Crippen LogP contribution in [0.25, 0.3) is 0 Å². The summed E-state index contributed by atoms with van der Waals surface area (Å²) < 4.78 is 0. The third-order valence-electron chi connectivity index (χ3n) is 5.04. The van der Waals surface area contributed by atoms with Gasteiger partial charge in [0.1, 0.15) is 0 Å². The average Bonchev–Trinajstić information content (AvgIpc) is 3.24. The summed E-state index contributed by atoms with van der Waals surface area (Å²) in [4.78, 5) is 10.4. The van der Waals surface area contributed by atoms with Crippen molar-refractivity contribution in [2.75, 3.05) is 0 Å².